The van der Waals surface area contributed by atoms with Crippen molar-refractivity contribution in [3.05, 3.63) is 0 Å². The maximum absolute atomic E-state index is 12.8. The normalized spacial score (nSPS) is 30.8. The second-order valence-corrected chi connectivity index (χ2v) is 8.10. The van der Waals surface area contributed by atoms with Crippen molar-refractivity contribution in [3.8, 4) is 0 Å². The zero-order valence-corrected chi connectivity index (χ0v) is 15.1. The lowest BCUT2D eigenvalue weighted by atomic mass is 9.84. The molecule has 2 aliphatic carbocycles. The number of likely N-dealkylation sites (tertiary alicyclic amines) is 1. The van der Waals surface area contributed by atoms with Crippen LogP contribution in [0.3, 0.4) is 0 Å². The highest BCUT2D eigenvalue weighted by Crippen LogP contribution is 2.40. The summed E-state index contributed by atoms with van der Waals surface area (Å²) in [6.45, 7) is 1.84. The first kappa shape index (κ1) is 18.2. The summed E-state index contributed by atoms with van der Waals surface area (Å²) in [5.74, 6) is -0.572. The molecule has 2 amide bonds. The van der Waals surface area contributed by atoms with Crippen LogP contribution in [0.4, 0.5) is 0 Å². The van der Waals surface area contributed by atoms with Gasteiger partial charge in [-0.3, -0.25) is 9.59 Å². The van der Waals surface area contributed by atoms with Crippen molar-refractivity contribution < 1.29 is 19.5 Å². The topological polar surface area (TPSA) is 86.7 Å². The van der Waals surface area contributed by atoms with E-state index in [-0.39, 0.29) is 36.2 Å². The summed E-state index contributed by atoms with van der Waals surface area (Å²) in [7, 11) is 0. The molecule has 3 aliphatic rings. The number of amides is 2. The Balaban J connectivity index is 1.59. The Labute approximate surface area is 149 Å². The van der Waals surface area contributed by atoms with Gasteiger partial charge in [-0.15, -0.1) is 0 Å². The minimum atomic E-state index is -0.898. The molecule has 0 spiro atoms. The highest BCUT2D eigenvalue weighted by Gasteiger charge is 2.47. The van der Waals surface area contributed by atoms with Gasteiger partial charge in [0.15, 0.2) is 0 Å². The molecule has 0 bridgehead atoms. The summed E-state index contributed by atoms with van der Waals surface area (Å²) in [6.07, 6.45) is 8.95. The number of fused-ring (bicyclic) bond motifs is 1. The Hall–Kier alpha value is -1.59. The van der Waals surface area contributed by atoms with Crippen molar-refractivity contribution in [2.24, 2.45) is 11.8 Å². The maximum Gasteiger partial charge on any atom is 0.326 e. The van der Waals surface area contributed by atoms with Gasteiger partial charge in [0.05, 0.1) is 0 Å². The third-order valence-electron chi connectivity index (χ3n) is 6.26. The van der Waals surface area contributed by atoms with Crippen LogP contribution in [0.5, 0.6) is 0 Å². The Morgan fingerprint density at radius 3 is 2.40 bits per heavy atom. The lowest BCUT2D eigenvalue weighted by Gasteiger charge is -2.33. The first-order valence-corrected chi connectivity index (χ1v) is 9.81. The van der Waals surface area contributed by atoms with E-state index in [1.165, 1.54) is 0 Å². The monoisotopic (exact) mass is 350 g/mol. The van der Waals surface area contributed by atoms with Crippen molar-refractivity contribution in [1.82, 2.24) is 10.2 Å². The number of carboxylic acids is 1. The standard InChI is InChI=1S/C19H30N2O4/c1-12(20-18(23)13-6-2-3-7-13)10-17(22)21-15-9-5-4-8-14(15)11-16(21)19(24)25/h12-16H,2-11H2,1H3,(H,20,23)(H,24,25). The number of carbonyl (C=O) groups is 3. The number of nitrogens with one attached hydrogen (secondary N) is 1. The summed E-state index contributed by atoms with van der Waals surface area (Å²) < 4.78 is 0. The number of hydrogen-bond donors (Lipinski definition) is 2. The number of hydrogen-bond acceptors (Lipinski definition) is 3. The van der Waals surface area contributed by atoms with Crippen molar-refractivity contribution in [2.75, 3.05) is 0 Å². The maximum atomic E-state index is 12.8. The summed E-state index contributed by atoms with van der Waals surface area (Å²) in [5.41, 5.74) is 0. The van der Waals surface area contributed by atoms with Crippen LogP contribution >= 0.6 is 0 Å². The molecule has 4 atom stereocenters. The van der Waals surface area contributed by atoms with Crippen LogP contribution in [0.2, 0.25) is 0 Å². The largest absolute Gasteiger partial charge is 0.480 e. The SMILES string of the molecule is CC(CC(=O)N1C(C(=O)O)CC2CCCCC21)NC(=O)C1CCCC1. The fourth-order valence-electron chi connectivity index (χ4n) is 5.01. The molecular weight excluding hydrogens is 320 g/mol. The van der Waals surface area contributed by atoms with E-state index in [1.54, 1.807) is 4.90 Å². The molecule has 0 aromatic carbocycles. The molecule has 6 heteroatoms. The van der Waals surface area contributed by atoms with Gasteiger partial charge in [0.1, 0.15) is 6.04 Å². The lowest BCUT2D eigenvalue weighted by Crippen LogP contribution is -2.48. The van der Waals surface area contributed by atoms with E-state index in [0.717, 1.165) is 51.4 Å². The van der Waals surface area contributed by atoms with Gasteiger partial charge >= 0.3 is 5.97 Å². The van der Waals surface area contributed by atoms with Gasteiger partial charge in [0, 0.05) is 24.4 Å². The molecule has 4 unspecified atom stereocenters. The second-order valence-electron chi connectivity index (χ2n) is 8.10. The number of rotatable bonds is 5. The van der Waals surface area contributed by atoms with Gasteiger partial charge in [0.2, 0.25) is 11.8 Å². The van der Waals surface area contributed by atoms with Gasteiger partial charge in [-0.1, -0.05) is 25.7 Å². The van der Waals surface area contributed by atoms with E-state index < -0.39 is 12.0 Å². The zero-order chi connectivity index (χ0) is 18.0. The molecule has 6 nitrogen and oxygen atoms in total. The quantitative estimate of drug-likeness (QED) is 0.797. The molecule has 2 N–H and O–H groups in total. The van der Waals surface area contributed by atoms with Crippen molar-refractivity contribution >= 4 is 17.8 Å². The minimum absolute atomic E-state index is 0.0459. The van der Waals surface area contributed by atoms with E-state index in [2.05, 4.69) is 5.32 Å². The highest BCUT2D eigenvalue weighted by molar-refractivity contribution is 5.86. The van der Waals surface area contributed by atoms with Crippen LogP contribution in [0.15, 0.2) is 0 Å². The van der Waals surface area contributed by atoms with Gasteiger partial charge < -0.3 is 15.3 Å². The smallest absolute Gasteiger partial charge is 0.326 e. The molecule has 3 fully saturated rings. The fourth-order valence-corrected chi connectivity index (χ4v) is 5.01. The molecule has 0 aromatic heterocycles. The van der Waals surface area contributed by atoms with E-state index >= 15 is 0 Å². The lowest BCUT2D eigenvalue weighted by molar-refractivity contribution is -0.150. The Morgan fingerprint density at radius 1 is 1.08 bits per heavy atom. The number of nitrogens with zero attached hydrogens (tertiary/aromatic N) is 1. The van der Waals surface area contributed by atoms with Crippen molar-refractivity contribution in [2.45, 2.75) is 89.3 Å². The minimum Gasteiger partial charge on any atom is -0.480 e. The summed E-state index contributed by atoms with van der Waals surface area (Å²) >= 11 is 0. The van der Waals surface area contributed by atoms with Crippen LogP contribution in [0, 0.1) is 11.8 Å². The molecule has 2 saturated carbocycles. The summed E-state index contributed by atoms with van der Waals surface area (Å²) in [5, 5.41) is 12.5. The number of aliphatic carboxylic acids is 1. The van der Waals surface area contributed by atoms with E-state index in [1.807, 2.05) is 6.92 Å². The number of carbonyl (C=O) groups excluding carboxylic acids is 2. The molecule has 1 heterocycles. The first-order chi connectivity index (χ1) is 12.0. The third kappa shape index (κ3) is 3.98. The van der Waals surface area contributed by atoms with Crippen molar-refractivity contribution in [1.29, 1.82) is 0 Å². The van der Waals surface area contributed by atoms with E-state index in [9.17, 15) is 19.5 Å². The molecule has 140 valence electrons. The van der Waals surface area contributed by atoms with Gasteiger partial charge in [-0.25, -0.2) is 4.79 Å². The predicted molar refractivity (Wildman–Crippen MR) is 92.8 cm³/mol. The van der Waals surface area contributed by atoms with Crippen LogP contribution in [0.25, 0.3) is 0 Å². The Bertz CT molecular complexity index is 530. The molecule has 1 saturated heterocycles. The van der Waals surface area contributed by atoms with Crippen LogP contribution in [-0.2, 0) is 14.4 Å². The van der Waals surface area contributed by atoms with E-state index in [4.69, 9.17) is 0 Å². The van der Waals surface area contributed by atoms with Crippen molar-refractivity contribution in [3.63, 3.8) is 0 Å². The average molecular weight is 350 g/mol. The third-order valence-corrected chi connectivity index (χ3v) is 6.26. The predicted octanol–water partition coefficient (Wildman–Crippen LogP) is 2.32. The molecule has 3 rings (SSSR count). The molecule has 25 heavy (non-hydrogen) atoms. The molecular formula is C19H30N2O4. The highest BCUT2D eigenvalue weighted by atomic mass is 16.4. The van der Waals surface area contributed by atoms with Crippen LogP contribution < -0.4 is 5.32 Å². The van der Waals surface area contributed by atoms with Gasteiger partial charge in [-0.2, -0.15) is 0 Å². The van der Waals surface area contributed by atoms with Crippen LogP contribution in [-0.4, -0.2) is 45.9 Å². The summed E-state index contributed by atoms with van der Waals surface area (Å²) in [4.78, 5) is 38.3. The number of carboxylic acid groups (broad SMARTS) is 1. The first-order valence-electron chi connectivity index (χ1n) is 9.81. The van der Waals surface area contributed by atoms with E-state index in [0.29, 0.717) is 12.3 Å². The van der Waals surface area contributed by atoms with Gasteiger partial charge in [0.25, 0.3) is 0 Å². The Morgan fingerprint density at radius 2 is 1.72 bits per heavy atom. The Kier molecular flexibility index (Phi) is 5.64. The molecule has 0 radical (unpaired) electrons. The van der Waals surface area contributed by atoms with Gasteiger partial charge in [-0.05, 0) is 44.9 Å². The summed E-state index contributed by atoms with van der Waals surface area (Å²) in [6, 6.07) is -0.879. The fraction of sp³-hybridized carbons (Fsp3) is 0.842. The molecule has 1 aliphatic heterocycles. The second kappa shape index (κ2) is 7.75. The zero-order valence-electron chi connectivity index (χ0n) is 15.1. The molecule has 0 aromatic rings. The average Bonchev–Trinajstić information content (AvgIpc) is 3.22. The van der Waals surface area contributed by atoms with Crippen LogP contribution in [0.1, 0.15) is 71.1 Å².